The predicted octanol–water partition coefficient (Wildman–Crippen LogP) is 1.01. The summed E-state index contributed by atoms with van der Waals surface area (Å²) in [5, 5.41) is 0. The van der Waals surface area contributed by atoms with Gasteiger partial charge in [0.2, 0.25) is 5.88 Å². The van der Waals surface area contributed by atoms with E-state index < -0.39 is 6.04 Å². The summed E-state index contributed by atoms with van der Waals surface area (Å²) in [6.07, 6.45) is 2.88. The van der Waals surface area contributed by atoms with E-state index in [2.05, 4.69) is 15.0 Å². The minimum Gasteiger partial charge on any atom is -0.480 e. The maximum Gasteiger partial charge on any atom is 0.330 e. The number of carbonyl (C=O) groups is 1. The highest BCUT2D eigenvalue weighted by atomic mass is 16.5. The highest BCUT2D eigenvalue weighted by Crippen LogP contribution is 2.25. The standard InChI is InChI=1S/C13H17N3O4/c1-4-20-12(17)10-6-5-9(15-10)8-7-14-13(19-3)16-11(8)18-2/h7,10H,4-6H2,1-3H3/t10-/m0/s1. The van der Waals surface area contributed by atoms with Gasteiger partial charge in [0, 0.05) is 6.20 Å². The molecule has 0 fully saturated rings. The molecule has 0 spiro atoms. The lowest BCUT2D eigenvalue weighted by atomic mass is 10.1. The fraction of sp³-hybridized carbons (Fsp3) is 0.538. The van der Waals surface area contributed by atoms with Gasteiger partial charge in [0.1, 0.15) is 6.04 Å². The summed E-state index contributed by atoms with van der Waals surface area (Å²) in [6.45, 7) is 2.13. The van der Waals surface area contributed by atoms with Gasteiger partial charge in [-0.2, -0.15) is 4.98 Å². The largest absolute Gasteiger partial charge is 0.480 e. The number of hydrogen-bond acceptors (Lipinski definition) is 7. The predicted molar refractivity (Wildman–Crippen MR) is 71.3 cm³/mol. The maximum absolute atomic E-state index is 11.7. The van der Waals surface area contributed by atoms with Crippen LogP contribution in [-0.4, -0.2) is 48.5 Å². The molecule has 2 heterocycles. The molecule has 1 aromatic heterocycles. The van der Waals surface area contributed by atoms with Crippen molar-refractivity contribution in [3.63, 3.8) is 0 Å². The van der Waals surface area contributed by atoms with Crippen LogP contribution in [0, 0.1) is 0 Å². The van der Waals surface area contributed by atoms with Crippen molar-refractivity contribution in [3.8, 4) is 11.9 Å². The van der Waals surface area contributed by atoms with Crippen LogP contribution in [0.3, 0.4) is 0 Å². The molecule has 0 bridgehead atoms. The Balaban J connectivity index is 2.24. The molecule has 1 aromatic rings. The van der Waals surface area contributed by atoms with Gasteiger partial charge in [-0.3, -0.25) is 4.99 Å². The lowest BCUT2D eigenvalue weighted by Crippen LogP contribution is -2.18. The lowest BCUT2D eigenvalue weighted by molar-refractivity contribution is -0.144. The van der Waals surface area contributed by atoms with Crippen LogP contribution in [0.2, 0.25) is 0 Å². The summed E-state index contributed by atoms with van der Waals surface area (Å²) in [6, 6.07) is -0.220. The topological polar surface area (TPSA) is 82.9 Å². The Hall–Kier alpha value is -2.18. The van der Waals surface area contributed by atoms with Crippen LogP contribution in [0.25, 0.3) is 0 Å². The molecule has 0 amide bonds. The fourth-order valence-electron chi connectivity index (χ4n) is 2.01. The van der Waals surface area contributed by atoms with Crippen LogP contribution in [0.1, 0.15) is 25.3 Å². The van der Waals surface area contributed by atoms with Crippen molar-refractivity contribution in [1.82, 2.24) is 9.97 Å². The maximum atomic E-state index is 11.7. The van der Waals surface area contributed by atoms with Crippen LogP contribution < -0.4 is 9.47 Å². The van der Waals surface area contributed by atoms with Crippen LogP contribution in [0.4, 0.5) is 0 Å². The lowest BCUT2D eigenvalue weighted by Gasteiger charge is -2.07. The van der Waals surface area contributed by atoms with Crippen molar-refractivity contribution in [2.75, 3.05) is 20.8 Å². The first-order chi connectivity index (χ1) is 9.69. The summed E-state index contributed by atoms with van der Waals surface area (Å²) >= 11 is 0. The van der Waals surface area contributed by atoms with Gasteiger partial charge in [0.15, 0.2) is 0 Å². The summed E-state index contributed by atoms with van der Waals surface area (Å²) in [5.74, 6) is 0.0935. The zero-order chi connectivity index (χ0) is 14.5. The number of carbonyl (C=O) groups excluding carboxylic acids is 1. The monoisotopic (exact) mass is 279 g/mol. The van der Waals surface area contributed by atoms with E-state index in [0.717, 1.165) is 5.71 Å². The van der Waals surface area contributed by atoms with Crippen molar-refractivity contribution >= 4 is 11.7 Å². The zero-order valence-electron chi connectivity index (χ0n) is 11.8. The third-order valence-corrected chi connectivity index (χ3v) is 2.94. The third-order valence-electron chi connectivity index (χ3n) is 2.94. The molecule has 2 rings (SSSR count). The number of aromatic nitrogens is 2. The smallest absolute Gasteiger partial charge is 0.330 e. The van der Waals surface area contributed by atoms with Crippen molar-refractivity contribution in [1.29, 1.82) is 0 Å². The summed E-state index contributed by atoms with van der Waals surface area (Å²) in [5.41, 5.74) is 1.43. The van der Waals surface area contributed by atoms with E-state index >= 15 is 0 Å². The van der Waals surface area contributed by atoms with Gasteiger partial charge in [0.05, 0.1) is 32.1 Å². The Morgan fingerprint density at radius 2 is 2.20 bits per heavy atom. The first-order valence-corrected chi connectivity index (χ1v) is 6.38. The SMILES string of the molecule is CCOC(=O)[C@@H]1CCC(c2cnc(OC)nc2OC)=N1. The second kappa shape index (κ2) is 6.31. The third kappa shape index (κ3) is 2.87. The highest BCUT2D eigenvalue weighted by Gasteiger charge is 2.28. The van der Waals surface area contributed by atoms with E-state index in [4.69, 9.17) is 14.2 Å². The molecule has 1 aliphatic heterocycles. The van der Waals surface area contributed by atoms with Crippen LogP contribution in [0.5, 0.6) is 11.9 Å². The molecule has 0 radical (unpaired) electrons. The number of esters is 1. The second-order valence-corrected chi connectivity index (χ2v) is 4.16. The molecule has 0 saturated carbocycles. The molecule has 0 aromatic carbocycles. The second-order valence-electron chi connectivity index (χ2n) is 4.16. The molecule has 0 N–H and O–H groups in total. The van der Waals surface area contributed by atoms with Crippen LogP contribution in [0.15, 0.2) is 11.2 Å². The molecule has 1 aliphatic rings. The van der Waals surface area contributed by atoms with Crippen molar-refractivity contribution in [3.05, 3.63) is 11.8 Å². The minimum absolute atomic E-state index is 0.228. The Kier molecular flexibility index (Phi) is 4.49. The number of rotatable bonds is 5. The van der Waals surface area contributed by atoms with Gasteiger partial charge in [-0.05, 0) is 19.8 Å². The van der Waals surface area contributed by atoms with Gasteiger partial charge in [-0.1, -0.05) is 0 Å². The van der Waals surface area contributed by atoms with Crippen LogP contribution in [-0.2, 0) is 9.53 Å². The Morgan fingerprint density at radius 1 is 1.40 bits per heavy atom. The zero-order valence-corrected chi connectivity index (χ0v) is 11.8. The van der Waals surface area contributed by atoms with Crippen molar-refractivity contribution in [2.24, 2.45) is 4.99 Å². The van der Waals surface area contributed by atoms with Gasteiger partial charge < -0.3 is 14.2 Å². The van der Waals surface area contributed by atoms with E-state index in [1.165, 1.54) is 14.2 Å². The molecule has 1 atom stereocenters. The highest BCUT2D eigenvalue weighted by molar-refractivity contribution is 6.05. The van der Waals surface area contributed by atoms with Crippen molar-refractivity contribution < 1.29 is 19.0 Å². The Morgan fingerprint density at radius 3 is 2.85 bits per heavy atom. The Labute approximate surface area is 117 Å². The number of hydrogen-bond donors (Lipinski definition) is 0. The Bertz CT molecular complexity index is 530. The molecule has 0 unspecified atom stereocenters. The molecular weight excluding hydrogens is 262 g/mol. The quantitative estimate of drug-likeness (QED) is 0.748. The summed E-state index contributed by atoms with van der Waals surface area (Å²) in [7, 11) is 3.00. The summed E-state index contributed by atoms with van der Waals surface area (Å²) < 4.78 is 15.1. The number of nitrogens with zero attached hydrogens (tertiary/aromatic N) is 3. The normalized spacial score (nSPS) is 17.6. The fourth-order valence-corrected chi connectivity index (χ4v) is 2.01. The van der Waals surface area contributed by atoms with Crippen molar-refractivity contribution in [2.45, 2.75) is 25.8 Å². The molecule has 20 heavy (non-hydrogen) atoms. The van der Waals surface area contributed by atoms with E-state index in [-0.39, 0.29) is 12.0 Å². The number of aliphatic imine (C=N–C) groups is 1. The molecule has 0 aliphatic carbocycles. The average Bonchev–Trinajstić information content (AvgIpc) is 2.96. The average molecular weight is 279 g/mol. The first-order valence-electron chi connectivity index (χ1n) is 6.38. The summed E-state index contributed by atoms with van der Waals surface area (Å²) in [4.78, 5) is 24.2. The number of ether oxygens (including phenoxy) is 3. The van der Waals surface area contributed by atoms with Crippen LogP contribution >= 0.6 is 0 Å². The molecule has 0 saturated heterocycles. The molecule has 108 valence electrons. The van der Waals surface area contributed by atoms with E-state index in [9.17, 15) is 4.79 Å². The number of methoxy groups -OCH3 is 2. The molecule has 7 heteroatoms. The van der Waals surface area contributed by atoms with E-state index in [1.54, 1.807) is 13.1 Å². The van der Waals surface area contributed by atoms with E-state index in [0.29, 0.717) is 30.9 Å². The van der Waals surface area contributed by atoms with Gasteiger partial charge >= 0.3 is 12.0 Å². The minimum atomic E-state index is -0.447. The van der Waals surface area contributed by atoms with Gasteiger partial charge in [-0.15, -0.1) is 0 Å². The van der Waals surface area contributed by atoms with E-state index in [1.807, 2.05) is 0 Å². The van der Waals surface area contributed by atoms with Gasteiger partial charge in [-0.25, -0.2) is 9.78 Å². The van der Waals surface area contributed by atoms with Gasteiger partial charge in [0.25, 0.3) is 0 Å². The molecular formula is C13H17N3O4. The first kappa shape index (κ1) is 14.2. The molecule has 7 nitrogen and oxygen atoms in total.